The maximum atomic E-state index is 2.38. The first-order chi connectivity index (χ1) is 30.2. The van der Waals surface area contributed by atoms with Crippen LogP contribution in [0.5, 0.6) is 0 Å². The van der Waals surface area contributed by atoms with Gasteiger partial charge in [0.1, 0.15) is 0 Å². The van der Waals surface area contributed by atoms with E-state index in [4.69, 9.17) is 0 Å². The number of hydrogen-bond donors (Lipinski definition) is 0. The van der Waals surface area contributed by atoms with Crippen LogP contribution in [0.2, 0.25) is 0 Å². The predicted octanol–water partition coefficient (Wildman–Crippen LogP) is 17.0. The van der Waals surface area contributed by atoms with Crippen LogP contribution >= 0.6 is 0 Å². The minimum atomic E-state index is 1.09. The maximum absolute atomic E-state index is 2.38. The van der Waals surface area contributed by atoms with E-state index in [1.165, 1.54) is 88.0 Å². The summed E-state index contributed by atoms with van der Waals surface area (Å²) in [6.45, 7) is 0. The standard InChI is InChI=1S/C60H41N/c1-3-14-42(15-4-1)47-21-11-22-48(38-47)49-23-12-24-54(39-49)61(52-33-28-45(29-34-52)56-27-13-20-44-18-7-9-25-55(44)56)53-35-30-46(31-36-53)59-41-51-19-8-10-26-57(51)60-40-50(32-37-58(59)60)43-16-5-2-6-17-43/h1-41H. The van der Waals surface area contributed by atoms with Crippen molar-refractivity contribution in [2.24, 2.45) is 0 Å². The highest BCUT2D eigenvalue weighted by molar-refractivity contribution is 6.15. The van der Waals surface area contributed by atoms with Gasteiger partial charge in [0.15, 0.2) is 0 Å². The molecule has 0 aliphatic rings. The number of anilines is 3. The molecule has 0 saturated carbocycles. The molecule has 11 rings (SSSR count). The topological polar surface area (TPSA) is 3.24 Å². The van der Waals surface area contributed by atoms with E-state index in [1.807, 2.05) is 0 Å². The van der Waals surface area contributed by atoms with Gasteiger partial charge >= 0.3 is 0 Å². The quantitative estimate of drug-likeness (QED) is 0.139. The van der Waals surface area contributed by atoms with Gasteiger partial charge in [-0.15, -0.1) is 0 Å². The Hall–Kier alpha value is -8.00. The van der Waals surface area contributed by atoms with Gasteiger partial charge in [-0.1, -0.05) is 194 Å². The van der Waals surface area contributed by atoms with E-state index < -0.39 is 0 Å². The summed E-state index contributed by atoms with van der Waals surface area (Å²) in [6, 6.07) is 90.4. The highest BCUT2D eigenvalue weighted by Gasteiger charge is 2.17. The fraction of sp³-hybridized carbons (Fsp3) is 0. The van der Waals surface area contributed by atoms with Crippen LogP contribution in [-0.4, -0.2) is 0 Å². The Labute approximate surface area is 357 Å². The van der Waals surface area contributed by atoms with Gasteiger partial charge in [-0.3, -0.25) is 0 Å². The molecule has 0 bridgehead atoms. The Morgan fingerprint density at radius 1 is 0.197 bits per heavy atom. The first kappa shape index (κ1) is 36.1. The minimum absolute atomic E-state index is 1.09. The molecule has 0 spiro atoms. The number of fused-ring (bicyclic) bond motifs is 4. The lowest BCUT2D eigenvalue weighted by Crippen LogP contribution is -2.10. The molecule has 0 heterocycles. The molecule has 11 aromatic rings. The van der Waals surface area contributed by atoms with Crippen molar-refractivity contribution >= 4 is 49.4 Å². The Bertz CT molecular complexity index is 3330. The Morgan fingerprint density at radius 3 is 1.36 bits per heavy atom. The summed E-state index contributed by atoms with van der Waals surface area (Å²) < 4.78 is 0. The van der Waals surface area contributed by atoms with Gasteiger partial charge < -0.3 is 4.90 Å². The molecule has 11 aromatic carbocycles. The number of benzene rings is 11. The summed E-state index contributed by atoms with van der Waals surface area (Å²) >= 11 is 0. The van der Waals surface area contributed by atoms with Crippen LogP contribution in [0.15, 0.2) is 249 Å². The second kappa shape index (κ2) is 15.6. The number of nitrogens with zero attached hydrogens (tertiary/aromatic N) is 1. The minimum Gasteiger partial charge on any atom is -0.310 e. The van der Waals surface area contributed by atoms with Gasteiger partial charge in [0.2, 0.25) is 0 Å². The van der Waals surface area contributed by atoms with Crippen molar-refractivity contribution in [1.29, 1.82) is 0 Å². The van der Waals surface area contributed by atoms with E-state index >= 15 is 0 Å². The third-order valence-electron chi connectivity index (χ3n) is 12.0. The summed E-state index contributed by atoms with van der Waals surface area (Å²) in [5.41, 5.74) is 15.3. The largest absolute Gasteiger partial charge is 0.310 e. The van der Waals surface area contributed by atoms with E-state index in [-0.39, 0.29) is 0 Å². The summed E-state index contributed by atoms with van der Waals surface area (Å²) in [5, 5.41) is 7.52. The average Bonchev–Trinajstić information content (AvgIpc) is 3.35. The lowest BCUT2D eigenvalue weighted by atomic mass is 9.91. The van der Waals surface area contributed by atoms with Gasteiger partial charge in [-0.05, 0) is 143 Å². The summed E-state index contributed by atoms with van der Waals surface area (Å²) in [6.07, 6.45) is 0. The van der Waals surface area contributed by atoms with Gasteiger partial charge in [0, 0.05) is 17.1 Å². The lowest BCUT2D eigenvalue weighted by Gasteiger charge is -2.26. The van der Waals surface area contributed by atoms with Gasteiger partial charge in [-0.2, -0.15) is 0 Å². The number of rotatable bonds is 8. The van der Waals surface area contributed by atoms with Crippen molar-refractivity contribution in [3.05, 3.63) is 249 Å². The Morgan fingerprint density at radius 2 is 0.672 bits per heavy atom. The van der Waals surface area contributed by atoms with Gasteiger partial charge in [0.25, 0.3) is 0 Å². The Balaban J connectivity index is 1.02. The monoisotopic (exact) mass is 775 g/mol. The smallest absolute Gasteiger partial charge is 0.0467 e. The second-order valence-corrected chi connectivity index (χ2v) is 15.7. The molecule has 0 aromatic heterocycles. The molecular weight excluding hydrogens is 735 g/mol. The van der Waals surface area contributed by atoms with Crippen molar-refractivity contribution in [3.8, 4) is 55.6 Å². The molecule has 0 saturated heterocycles. The van der Waals surface area contributed by atoms with Crippen molar-refractivity contribution in [2.75, 3.05) is 4.90 Å². The van der Waals surface area contributed by atoms with Gasteiger partial charge in [0.05, 0.1) is 0 Å². The van der Waals surface area contributed by atoms with Crippen LogP contribution in [-0.2, 0) is 0 Å². The molecule has 0 atom stereocenters. The zero-order chi connectivity index (χ0) is 40.5. The molecule has 0 aliphatic carbocycles. The predicted molar refractivity (Wildman–Crippen MR) is 261 cm³/mol. The number of hydrogen-bond acceptors (Lipinski definition) is 1. The van der Waals surface area contributed by atoms with Crippen LogP contribution in [0.1, 0.15) is 0 Å². The molecule has 0 amide bonds. The first-order valence-electron chi connectivity index (χ1n) is 21.0. The van der Waals surface area contributed by atoms with E-state index in [0.29, 0.717) is 0 Å². The van der Waals surface area contributed by atoms with Crippen LogP contribution in [0.4, 0.5) is 17.1 Å². The molecule has 286 valence electrons. The van der Waals surface area contributed by atoms with Crippen molar-refractivity contribution < 1.29 is 0 Å². The summed E-state index contributed by atoms with van der Waals surface area (Å²) in [5.74, 6) is 0. The molecule has 61 heavy (non-hydrogen) atoms. The zero-order valence-corrected chi connectivity index (χ0v) is 33.6. The maximum Gasteiger partial charge on any atom is 0.0467 e. The molecule has 0 fully saturated rings. The molecule has 1 nitrogen and oxygen atoms in total. The summed E-state index contributed by atoms with van der Waals surface area (Å²) in [4.78, 5) is 2.38. The molecular formula is C60H41N. The molecule has 0 unspecified atom stereocenters. The third-order valence-corrected chi connectivity index (χ3v) is 12.0. The molecule has 1 heteroatoms. The average molecular weight is 776 g/mol. The van der Waals surface area contributed by atoms with Gasteiger partial charge in [-0.25, -0.2) is 0 Å². The SMILES string of the molecule is c1ccc(-c2cccc(-c3cccc(N(c4ccc(-c5cccc6ccccc56)cc4)c4ccc(-c5cc6ccccc6c6cc(-c7ccccc7)ccc56)cc4)c3)c2)cc1. The van der Waals surface area contributed by atoms with E-state index in [2.05, 4.69) is 254 Å². The highest BCUT2D eigenvalue weighted by atomic mass is 15.1. The fourth-order valence-corrected chi connectivity index (χ4v) is 8.99. The fourth-order valence-electron chi connectivity index (χ4n) is 8.99. The van der Waals surface area contributed by atoms with E-state index in [0.717, 1.165) is 17.1 Å². The van der Waals surface area contributed by atoms with Crippen LogP contribution in [0.25, 0.3) is 88.0 Å². The normalized spacial score (nSPS) is 11.3. The molecule has 0 N–H and O–H groups in total. The van der Waals surface area contributed by atoms with E-state index in [9.17, 15) is 0 Å². The van der Waals surface area contributed by atoms with Crippen LogP contribution in [0, 0.1) is 0 Å². The van der Waals surface area contributed by atoms with Crippen molar-refractivity contribution in [1.82, 2.24) is 0 Å². The molecule has 0 aliphatic heterocycles. The Kier molecular flexibility index (Phi) is 9.26. The van der Waals surface area contributed by atoms with Crippen LogP contribution < -0.4 is 4.90 Å². The van der Waals surface area contributed by atoms with Crippen molar-refractivity contribution in [2.45, 2.75) is 0 Å². The molecule has 0 radical (unpaired) electrons. The lowest BCUT2D eigenvalue weighted by molar-refractivity contribution is 1.28. The third kappa shape index (κ3) is 6.93. The zero-order valence-electron chi connectivity index (χ0n) is 33.6. The highest BCUT2D eigenvalue weighted by Crippen LogP contribution is 2.42. The van der Waals surface area contributed by atoms with E-state index in [1.54, 1.807) is 0 Å². The first-order valence-corrected chi connectivity index (χ1v) is 21.0. The summed E-state index contributed by atoms with van der Waals surface area (Å²) in [7, 11) is 0. The van der Waals surface area contributed by atoms with Crippen LogP contribution in [0.3, 0.4) is 0 Å². The second-order valence-electron chi connectivity index (χ2n) is 15.7. The van der Waals surface area contributed by atoms with Crippen molar-refractivity contribution in [3.63, 3.8) is 0 Å².